The molecule has 15 heavy (non-hydrogen) atoms. The van der Waals surface area contributed by atoms with Crippen molar-refractivity contribution in [3.63, 3.8) is 0 Å². The number of hydrogen-bond donors (Lipinski definition) is 0. The van der Waals surface area contributed by atoms with E-state index in [1.165, 1.54) is 22.3 Å². The van der Waals surface area contributed by atoms with Crippen LogP contribution in [-0.2, 0) is 0 Å². The average Bonchev–Trinajstić information content (AvgIpc) is 2.15. The van der Waals surface area contributed by atoms with Crippen molar-refractivity contribution in [2.45, 2.75) is 33.6 Å². The number of rotatable bonds is 4. The molecule has 0 fully saturated rings. The highest BCUT2D eigenvalue weighted by atomic mass is 14.0. The molecule has 80 valence electrons. The molecule has 0 saturated heterocycles. The molecule has 0 saturated carbocycles. The van der Waals surface area contributed by atoms with Crippen LogP contribution in [0.3, 0.4) is 0 Å². The smallest absolute Gasteiger partial charge is 0.0201 e. The minimum atomic E-state index is 1.06. The Morgan fingerprint density at radius 2 is 1.67 bits per heavy atom. The normalized spacial score (nSPS) is 10.9. The summed E-state index contributed by atoms with van der Waals surface area (Å²) >= 11 is 0. The number of aryl methyl sites for hydroxylation is 3. The Morgan fingerprint density at radius 3 is 2.20 bits per heavy atom. The van der Waals surface area contributed by atoms with Crippen molar-refractivity contribution >= 4 is 6.08 Å². The van der Waals surface area contributed by atoms with E-state index in [0.29, 0.717) is 0 Å². The molecule has 0 bridgehead atoms. The van der Waals surface area contributed by atoms with E-state index in [4.69, 9.17) is 0 Å². The van der Waals surface area contributed by atoms with Crippen LogP contribution in [0, 0.1) is 20.8 Å². The van der Waals surface area contributed by atoms with E-state index in [1.807, 2.05) is 6.08 Å². The van der Waals surface area contributed by atoms with Gasteiger partial charge in [0.2, 0.25) is 0 Å². The Bertz CT molecular complexity index is 347. The Balaban J connectivity index is 2.85. The van der Waals surface area contributed by atoms with Gasteiger partial charge in [0, 0.05) is 0 Å². The van der Waals surface area contributed by atoms with Crippen LogP contribution in [0.1, 0.15) is 35.1 Å². The highest BCUT2D eigenvalue weighted by molar-refractivity contribution is 5.58. The highest BCUT2D eigenvalue weighted by Crippen LogP contribution is 2.18. The van der Waals surface area contributed by atoms with Crippen molar-refractivity contribution in [1.29, 1.82) is 0 Å². The molecule has 0 heteroatoms. The lowest BCUT2D eigenvalue weighted by Gasteiger charge is -2.06. The summed E-state index contributed by atoms with van der Waals surface area (Å²) in [5.74, 6) is 0. The third kappa shape index (κ3) is 3.39. The molecular formula is C15H20. The fourth-order valence-electron chi connectivity index (χ4n) is 1.87. The number of hydrogen-bond acceptors (Lipinski definition) is 0. The summed E-state index contributed by atoms with van der Waals surface area (Å²) in [6, 6.07) is 4.47. The van der Waals surface area contributed by atoms with Gasteiger partial charge >= 0.3 is 0 Å². The zero-order valence-electron chi connectivity index (χ0n) is 10.0. The maximum Gasteiger partial charge on any atom is -0.0201 e. The monoisotopic (exact) mass is 200 g/mol. The Kier molecular flexibility index (Phi) is 4.36. The van der Waals surface area contributed by atoms with Crippen molar-refractivity contribution in [3.8, 4) is 0 Å². The fraction of sp³-hybridized carbons (Fsp3) is 0.333. The van der Waals surface area contributed by atoms with Crippen LogP contribution < -0.4 is 0 Å². The van der Waals surface area contributed by atoms with Crippen LogP contribution in [0.25, 0.3) is 6.08 Å². The SMILES string of the molecule is C=CCC/C=C/c1c(C)cc(C)cc1C. The van der Waals surface area contributed by atoms with Gasteiger partial charge in [-0.2, -0.15) is 0 Å². The summed E-state index contributed by atoms with van der Waals surface area (Å²) in [4.78, 5) is 0. The number of allylic oxidation sites excluding steroid dienone is 2. The van der Waals surface area contributed by atoms with Crippen molar-refractivity contribution in [1.82, 2.24) is 0 Å². The van der Waals surface area contributed by atoms with Crippen molar-refractivity contribution in [2.24, 2.45) is 0 Å². The minimum Gasteiger partial charge on any atom is -0.103 e. The molecule has 1 rings (SSSR count). The lowest BCUT2D eigenvalue weighted by atomic mass is 9.99. The molecule has 0 aliphatic carbocycles. The second-order valence-corrected chi connectivity index (χ2v) is 4.08. The summed E-state index contributed by atoms with van der Waals surface area (Å²) in [5, 5.41) is 0. The van der Waals surface area contributed by atoms with Gasteiger partial charge < -0.3 is 0 Å². The van der Waals surface area contributed by atoms with Crippen molar-refractivity contribution < 1.29 is 0 Å². The maximum atomic E-state index is 3.72. The summed E-state index contributed by atoms with van der Waals surface area (Å²) < 4.78 is 0. The largest absolute Gasteiger partial charge is 0.103 e. The van der Waals surface area contributed by atoms with E-state index in [1.54, 1.807) is 0 Å². The van der Waals surface area contributed by atoms with Crippen LogP contribution in [0.2, 0.25) is 0 Å². The molecule has 0 heterocycles. The van der Waals surface area contributed by atoms with Gasteiger partial charge in [0.05, 0.1) is 0 Å². The van der Waals surface area contributed by atoms with Gasteiger partial charge in [-0.3, -0.25) is 0 Å². The van der Waals surface area contributed by atoms with Gasteiger partial charge in [-0.05, 0) is 50.3 Å². The van der Waals surface area contributed by atoms with Crippen molar-refractivity contribution in [3.05, 3.63) is 53.1 Å². The van der Waals surface area contributed by atoms with Crippen LogP contribution in [0.15, 0.2) is 30.9 Å². The molecule has 0 nitrogen and oxygen atoms in total. The fourth-order valence-corrected chi connectivity index (χ4v) is 1.87. The third-order valence-corrected chi connectivity index (χ3v) is 2.56. The van der Waals surface area contributed by atoms with E-state index in [9.17, 15) is 0 Å². The van der Waals surface area contributed by atoms with Gasteiger partial charge in [-0.15, -0.1) is 6.58 Å². The van der Waals surface area contributed by atoms with Crippen molar-refractivity contribution in [2.75, 3.05) is 0 Å². The second-order valence-electron chi connectivity index (χ2n) is 4.08. The Hall–Kier alpha value is -1.30. The van der Waals surface area contributed by atoms with Crippen LogP contribution in [0.4, 0.5) is 0 Å². The average molecular weight is 200 g/mol. The molecule has 1 aromatic carbocycles. The molecule has 0 aliphatic heterocycles. The van der Waals surface area contributed by atoms with Gasteiger partial charge in [0.1, 0.15) is 0 Å². The highest BCUT2D eigenvalue weighted by Gasteiger charge is 1.99. The molecule has 0 amide bonds. The topological polar surface area (TPSA) is 0 Å². The zero-order chi connectivity index (χ0) is 11.3. The molecule has 0 spiro atoms. The summed E-state index contributed by atoms with van der Waals surface area (Å²) in [7, 11) is 0. The minimum absolute atomic E-state index is 1.06. The molecule has 1 aromatic rings. The predicted octanol–water partition coefficient (Wildman–Crippen LogP) is 4.59. The van der Waals surface area contributed by atoms with Crippen LogP contribution in [0.5, 0.6) is 0 Å². The van der Waals surface area contributed by atoms with Gasteiger partial charge in [0.15, 0.2) is 0 Å². The maximum absolute atomic E-state index is 3.72. The van der Waals surface area contributed by atoms with Gasteiger partial charge in [-0.1, -0.05) is 35.9 Å². The first-order valence-electron chi connectivity index (χ1n) is 5.50. The van der Waals surface area contributed by atoms with Gasteiger partial charge in [-0.25, -0.2) is 0 Å². The van der Waals surface area contributed by atoms with E-state index in [2.05, 4.69) is 51.6 Å². The van der Waals surface area contributed by atoms with E-state index in [-0.39, 0.29) is 0 Å². The number of benzene rings is 1. The standard InChI is InChI=1S/C15H20/c1-5-6-7-8-9-15-13(3)10-12(2)11-14(15)4/h5,8-11H,1,6-7H2,2-4H3/b9-8+. The van der Waals surface area contributed by atoms with E-state index >= 15 is 0 Å². The molecule has 0 N–H and O–H groups in total. The van der Waals surface area contributed by atoms with Crippen LogP contribution >= 0.6 is 0 Å². The molecule has 0 unspecified atom stereocenters. The predicted molar refractivity (Wildman–Crippen MR) is 69.1 cm³/mol. The summed E-state index contributed by atoms with van der Waals surface area (Å²) in [6.07, 6.45) is 8.55. The quantitative estimate of drug-likeness (QED) is 0.492. The number of unbranched alkanes of at least 4 members (excludes halogenated alkanes) is 1. The lowest BCUT2D eigenvalue weighted by molar-refractivity contribution is 1.06. The summed E-state index contributed by atoms with van der Waals surface area (Å²) in [5.41, 5.74) is 5.43. The first-order chi connectivity index (χ1) is 7.15. The third-order valence-electron chi connectivity index (χ3n) is 2.56. The molecule has 0 aliphatic rings. The molecule has 0 atom stereocenters. The van der Waals surface area contributed by atoms with E-state index in [0.717, 1.165) is 12.8 Å². The Morgan fingerprint density at radius 1 is 1.07 bits per heavy atom. The lowest BCUT2D eigenvalue weighted by Crippen LogP contribution is -1.88. The van der Waals surface area contributed by atoms with Gasteiger partial charge in [0.25, 0.3) is 0 Å². The zero-order valence-corrected chi connectivity index (χ0v) is 10.0. The molecular weight excluding hydrogens is 180 g/mol. The summed E-state index contributed by atoms with van der Waals surface area (Å²) in [6.45, 7) is 10.2. The Labute approximate surface area is 93.3 Å². The molecule has 0 aromatic heterocycles. The first kappa shape index (κ1) is 11.8. The van der Waals surface area contributed by atoms with E-state index < -0.39 is 0 Å². The van der Waals surface area contributed by atoms with Crippen LogP contribution in [-0.4, -0.2) is 0 Å². The second kappa shape index (κ2) is 5.55. The first-order valence-corrected chi connectivity index (χ1v) is 5.50. The molecule has 0 radical (unpaired) electrons.